The number of hydrogen-bond acceptors (Lipinski definition) is 4. The lowest BCUT2D eigenvalue weighted by Gasteiger charge is -2.29. The van der Waals surface area contributed by atoms with Crippen LogP contribution in [0.5, 0.6) is 5.75 Å². The van der Waals surface area contributed by atoms with E-state index in [4.69, 9.17) is 10.5 Å². The highest BCUT2D eigenvalue weighted by atomic mass is 16.5. The second-order valence-corrected chi connectivity index (χ2v) is 5.26. The Bertz CT molecular complexity index is 393. The van der Waals surface area contributed by atoms with Crippen LogP contribution < -0.4 is 10.5 Å². The minimum Gasteiger partial charge on any atom is -0.496 e. The fourth-order valence-electron chi connectivity index (χ4n) is 2.19. The Morgan fingerprint density at radius 2 is 1.89 bits per heavy atom. The van der Waals surface area contributed by atoms with Crippen LogP contribution in [0, 0.1) is 6.92 Å². The third-order valence-electron chi connectivity index (χ3n) is 3.46. The van der Waals surface area contributed by atoms with Gasteiger partial charge in [0.15, 0.2) is 0 Å². The zero-order valence-electron chi connectivity index (χ0n) is 12.8. The zero-order chi connectivity index (χ0) is 14.4. The van der Waals surface area contributed by atoms with Gasteiger partial charge in [-0.25, -0.2) is 0 Å². The molecular formula is C15H27N3O. The normalized spacial score (nSPS) is 13.1. The highest BCUT2D eigenvalue weighted by molar-refractivity contribution is 5.37. The Morgan fingerprint density at radius 3 is 2.37 bits per heavy atom. The van der Waals surface area contributed by atoms with E-state index in [1.54, 1.807) is 7.11 Å². The fourth-order valence-corrected chi connectivity index (χ4v) is 2.19. The highest BCUT2D eigenvalue weighted by Crippen LogP contribution is 2.24. The van der Waals surface area contributed by atoms with Gasteiger partial charge in [-0.05, 0) is 45.3 Å². The summed E-state index contributed by atoms with van der Waals surface area (Å²) < 4.78 is 5.30. The van der Waals surface area contributed by atoms with E-state index in [0.29, 0.717) is 6.54 Å². The highest BCUT2D eigenvalue weighted by Gasteiger charge is 2.16. The van der Waals surface area contributed by atoms with Crippen molar-refractivity contribution in [1.29, 1.82) is 0 Å². The Hall–Kier alpha value is -1.10. The molecule has 0 fully saturated rings. The van der Waals surface area contributed by atoms with Gasteiger partial charge in [-0.2, -0.15) is 0 Å². The van der Waals surface area contributed by atoms with E-state index in [0.717, 1.165) is 24.4 Å². The van der Waals surface area contributed by atoms with Gasteiger partial charge in [-0.1, -0.05) is 12.1 Å². The molecule has 108 valence electrons. The van der Waals surface area contributed by atoms with Crippen LogP contribution in [0.15, 0.2) is 18.2 Å². The smallest absolute Gasteiger partial charge is 0.121 e. The number of ether oxygens (including phenoxy) is 1. The number of hydrogen-bond donors (Lipinski definition) is 1. The van der Waals surface area contributed by atoms with Gasteiger partial charge in [0.1, 0.15) is 5.75 Å². The molecule has 0 radical (unpaired) electrons. The third-order valence-corrected chi connectivity index (χ3v) is 3.46. The molecule has 4 heteroatoms. The number of aryl methyl sites for hydroxylation is 1. The first-order valence-electron chi connectivity index (χ1n) is 6.69. The Kier molecular flexibility index (Phi) is 6.28. The maximum absolute atomic E-state index is 5.95. The number of likely N-dealkylation sites (N-methyl/N-ethyl adjacent to an activating group) is 2. The maximum atomic E-state index is 5.95. The summed E-state index contributed by atoms with van der Waals surface area (Å²) in [5.74, 6) is 0.926. The van der Waals surface area contributed by atoms with E-state index in [1.807, 2.05) is 6.07 Å². The summed E-state index contributed by atoms with van der Waals surface area (Å²) in [6.45, 7) is 4.72. The Balaban J connectivity index is 2.81. The Morgan fingerprint density at radius 1 is 1.21 bits per heavy atom. The number of methoxy groups -OCH3 is 1. The average molecular weight is 265 g/mol. The van der Waals surface area contributed by atoms with E-state index in [2.05, 4.69) is 50.0 Å². The molecule has 0 bridgehead atoms. The largest absolute Gasteiger partial charge is 0.496 e. The lowest BCUT2D eigenvalue weighted by Crippen LogP contribution is -2.35. The van der Waals surface area contributed by atoms with Gasteiger partial charge in [0, 0.05) is 25.7 Å². The van der Waals surface area contributed by atoms with Crippen molar-refractivity contribution in [2.75, 3.05) is 47.9 Å². The molecule has 0 spiro atoms. The summed E-state index contributed by atoms with van der Waals surface area (Å²) in [7, 11) is 8.00. The molecule has 4 nitrogen and oxygen atoms in total. The van der Waals surface area contributed by atoms with Crippen molar-refractivity contribution >= 4 is 0 Å². The molecule has 19 heavy (non-hydrogen) atoms. The average Bonchev–Trinajstić information content (AvgIpc) is 2.37. The van der Waals surface area contributed by atoms with Crippen LogP contribution in [0.4, 0.5) is 0 Å². The predicted molar refractivity (Wildman–Crippen MR) is 80.7 cm³/mol. The van der Waals surface area contributed by atoms with Crippen molar-refractivity contribution < 1.29 is 4.74 Å². The lowest BCUT2D eigenvalue weighted by atomic mass is 10.0. The number of rotatable bonds is 7. The molecule has 0 saturated heterocycles. The molecule has 1 atom stereocenters. The summed E-state index contributed by atoms with van der Waals surface area (Å²) in [4.78, 5) is 4.49. The summed E-state index contributed by atoms with van der Waals surface area (Å²) >= 11 is 0. The first-order valence-corrected chi connectivity index (χ1v) is 6.69. The van der Waals surface area contributed by atoms with Crippen molar-refractivity contribution in [3.05, 3.63) is 29.3 Å². The molecule has 0 aliphatic heterocycles. The third kappa shape index (κ3) is 4.49. The van der Waals surface area contributed by atoms with E-state index < -0.39 is 0 Å². The molecule has 2 N–H and O–H groups in total. The molecule has 0 aromatic heterocycles. The van der Waals surface area contributed by atoms with Crippen molar-refractivity contribution in [3.8, 4) is 5.75 Å². The van der Waals surface area contributed by atoms with Crippen LogP contribution >= 0.6 is 0 Å². The van der Waals surface area contributed by atoms with Crippen LogP contribution in [0.3, 0.4) is 0 Å². The summed E-state index contributed by atoms with van der Waals surface area (Å²) in [5, 5.41) is 0. The number of benzene rings is 1. The first-order chi connectivity index (χ1) is 8.99. The minimum absolute atomic E-state index is 0.254. The molecule has 1 aromatic carbocycles. The second kappa shape index (κ2) is 7.48. The van der Waals surface area contributed by atoms with E-state index >= 15 is 0 Å². The van der Waals surface area contributed by atoms with Gasteiger partial charge in [-0.15, -0.1) is 0 Å². The number of nitrogens with two attached hydrogens (primary N) is 1. The SMILES string of the molecule is COc1ccc(C(CN)N(C)CCN(C)C)cc1C. The van der Waals surface area contributed by atoms with Crippen molar-refractivity contribution in [3.63, 3.8) is 0 Å². The predicted octanol–water partition coefficient (Wildman–Crippen LogP) is 1.50. The first kappa shape index (κ1) is 16.0. The second-order valence-electron chi connectivity index (χ2n) is 5.26. The van der Waals surface area contributed by atoms with Crippen LogP contribution in [-0.2, 0) is 0 Å². The van der Waals surface area contributed by atoms with Gasteiger partial charge in [-0.3, -0.25) is 4.90 Å². The quantitative estimate of drug-likeness (QED) is 0.811. The van der Waals surface area contributed by atoms with Gasteiger partial charge in [0.05, 0.1) is 7.11 Å². The zero-order valence-corrected chi connectivity index (χ0v) is 12.8. The molecule has 0 heterocycles. The fraction of sp³-hybridized carbons (Fsp3) is 0.600. The van der Waals surface area contributed by atoms with E-state index in [1.165, 1.54) is 5.56 Å². The van der Waals surface area contributed by atoms with Crippen molar-refractivity contribution in [2.24, 2.45) is 5.73 Å². The monoisotopic (exact) mass is 265 g/mol. The maximum Gasteiger partial charge on any atom is 0.121 e. The lowest BCUT2D eigenvalue weighted by molar-refractivity contribution is 0.222. The molecule has 0 amide bonds. The molecule has 0 saturated carbocycles. The summed E-state index contributed by atoms with van der Waals surface area (Å²) in [5.41, 5.74) is 8.35. The van der Waals surface area contributed by atoms with Gasteiger partial charge in [0.25, 0.3) is 0 Å². The summed E-state index contributed by atoms with van der Waals surface area (Å²) in [6.07, 6.45) is 0. The van der Waals surface area contributed by atoms with Crippen LogP contribution in [0.25, 0.3) is 0 Å². The van der Waals surface area contributed by atoms with Gasteiger partial charge in [0.2, 0.25) is 0 Å². The van der Waals surface area contributed by atoms with E-state index in [-0.39, 0.29) is 6.04 Å². The van der Waals surface area contributed by atoms with E-state index in [9.17, 15) is 0 Å². The van der Waals surface area contributed by atoms with Crippen LogP contribution in [0.2, 0.25) is 0 Å². The van der Waals surface area contributed by atoms with Gasteiger partial charge < -0.3 is 15.4 Å². The number of nitrogens with zero attached hydrogens (tertiary/aromatic N) is 2. The van der Waals surface area contributed by atoms with Crippen molar-refractivity contribution in [2.45, 2.75) is 13.0 Å². The molecule has 0 aliphatic rings. The molecular weight excluding hydrogens is 238 g/mol. The van der Waals surface area contributed by atoms with Crippen molar-refractivity contribution in [1.82, 2.24) is 9.80 Å². The summed E-state index contributed by atoms with van der Waals surface area (Å²) in [6, 6.07) is 6.55. The molecule has 1 aromatic rings. The topological polar surface area (TPSA) is 41.7 Å². The molecule has 1 unspecified atom stereocenters. The molecule has 1 rings (SSSR count). The standard InChI is InChI=1S/C15H27N3O/c1-12-10-13(6-7-15(12)19-5)14(11-16)18(4)9-8-17(2)3/h6-7,10,14H,8-9,11,16H2,1-5H3. The molecule has 0 aliphatic carbocycles. The van der Waals surface area contributed by atoms with Crippen LogP contribution in [0.1, 0.15) is 17.2 Å². The van der Waals surface area contributed by atoms with Crippen LogP contribution in [-0.4, -0.2) is 57.7 Å². The van der Waals surface area contributed by atoms with Gasteiger partial charge >= 0.3 is 0 Å². The Labute approximate surface area is 117 Å². The minimum atomic E-state index is 0.254.